The third-order valence-corrected chi connectivity index (χ3v) is 8.16. The summed E-state index contributed by atoms with van der Waals surface area (Å²) in [5.41, 5.74) is 2.14. The number of hydrogen-bond donors (Lipinski definition) is 1. The molecule has 0 aromatic heterocycles. The molecule has 8 nitrogen and oxygen atoms in total. The average Bonchev–Trinajstić information content (AvgIpc) is 2.94. The highest BCUT2D eigenvalue weighted by Gasteiger charge is 2.30. The number of benzene rings is 3. The van der Waals surface area contributed by atoms with Gasteiger partial charge in [0.15, 0.2) is 0 Å². The number of rotatable bonds is 13. The number of hydrogen-bond acceptors (Lipinski definition) is 5. The lowest BCUT2D eigenvalue weighted by molar-refractivity contribution is -0.139. The monoisotopic (exact) mass is 629 g/mol. The van der Waals surface area contributed by atoms with E-state index in [4.69, 9.17) is 4.74 Å². The molecule has 0 spiro atoms. The van der Waals surface area contributed by atoms with Gasteiger partial charge in [0.2, 0.25) is 21.8 Å². The lowest BCUT2D eigenvalue weighted by Gasteiger charge is -2.32. The van der Waals surface area contributed by atoms with Crippen LogP contribution in [0.4, 0.5) is 5.69 Å². The van der Waals surface area contributed by atoms with Crippen molar-refractivity contribution in [1.29, 1.82) is 0 Å². The Morgan fingerprint density at radius 3 is 2.12 bits per heavy atom. The molecule has 0 saturated heterocycles. The van der Waals surface area contributed by atoms with E-state index >= 15 is 0 Å². The van der Waals surface area contributed by atoms with Crippen LogP contribution >= 0.6 is 15.9 Å². The largest absolute Gasteiger partial charge is 0.489 e. The van der Waals surface area contributed by atoms with Gasteiger partial charge in [-0.1, -0.05) is 65.3 Å². The minimum Gasteiger partial charge on any atom is -0.489 e. The van der Waals surface area contributed by atoms with E-state index in [-0.39, 0.29) is 18.5 Å². The summed E-state index contributed by atoms with van der Waals surface area (Å²) >= 11 is 3.41. The first-order chi connectivity index (χ1) is 19.0. The molecule has 2 unspecified atom stereocenters. The van der Waals surface area contributed by atoms with Gasteiger partial charge in [0.25, 0.3) is 0 Å². The second-order valence-electron chi connectivity index (χ2n) is 9.68. The molecule has 10 heteroatoms. The van der Waals surface area contributed by atoms with E-state index < -0.39 is 28.5 Å². The van der Waals surface area contributed by atoms with Crippen molar-refractivity contribution >= 4 is 43.5 Å². The maximum Gasteiger partial charge on any atom is 0.244 e. The molecule has 0 saturated carbocycles. The van der Waals surface area contributed by atoms with E-state index in [1.165, 1.54) is 4.90 Å². The first kappa shape index (κ1) is 31.2. The summed E-state index contributed by atoms with van der Waals surface area (Å²) < 4.78 is 33.4. The van der Waals surface area contributed by atoms with Gasteiger partial charge in [-0.25, -0.2) is 8.42 Å². The summed E-state index contributed by atoms with van der Waals surface area (Å²) in [4.78, 5) is 28.1. The van der Waals surface area contributed by atoms with Crippen LogP contribution in [0.5, 0.6) is 5.75 Å². The van der Waals surface area contributed by atoms with Gasteiger partial charge in [-0.2, -0.15) is 0 Å². The van der Waals surface area contributed by atoms with Crippen LogP contribution in [0.3, 0.4) is 0 Å². The quantitative estimate of drug-likeness (QED) is 0.283. The highest BCUT2D eigenvalue weighted by Crippen LogP contribution is 2.23. The Morgan fingerprint density at radius 1 is 0.925 bits per heavy atom. The van der Waals surface area contributed by atoms with Crippen molar-refractivity contribution in [1.82, 2.24) is 10.2 Å². The summed E-state index contributed by atoms with van der Waals surface area (Å²) in [5.74, 6) is -0.227. The molecular weight excluding hydrogens is 594 g/mol. The van der Waals surface area contributed by atoms with Gasteiger partial charge in [-0.05, 0) is 67.8 Å². The van der Waals surface area contributed by atoms with E-state index in [9.17, 15) is 18.0 Å². The SMILES string of the molecule is CCC(C)NC(=O)C(C)N(Cc1ccc(Br)cc1)C(=O)CN(c1ccc(OCc2ccccc2)cc1)S(C)(=O)=O. The number of halogens is 1. The highest BCUT2D eigenvalue weighted by atomic mass is 79.9. The molecule has 3 aromatic carbocycles. The molecule has 2 amide bonds. The summed E-state index contributed by atoms with van der Waals surface area (Å²) in [6, 6.07) is 22.8. The van der Waals surface area contributed by atoms with Crippen LogP contribution in [0.15, 0.2) is 83.3 Å². The van der Waals surface area contributed by atoms with Gasteiger partial charge in [-0.15, -0.1) is 0 Å². The maximum atomic E-state index is 13.7. The maximum absolute atomic E-state index is 13.7. The number of ether oxygens (including phenoxy) is 1. The number of nitrogens with zero attached hydrogens (tertiary/aromatic N) is 2. The lowest BCUT2D eigenvalue weighted by Crippen LogP contribution is -2.52. The van der Waals surface area contributed by atoms with Gasteiger partial charge < -0.3 is 15.0 Å². The third-order valence-electron chi connectivity index (χ3n) is 6.49. The molecule has 0 fully saturated rings. The molecule has 0 bridgehead atoms. The Hall–Kier alpha value is -3.37. The summed E-state index contributed by atoms with van der Waals surface area (Å²) in [5, 5.41) is 2.92. The van der Waals surface area contributed by atoms with Crippen molar-refractivity contribution in [2.75, 3.05) is 17.1 Å². The van der Waals surface area contributed by atoms with E-state index in [2.05, 4.69) is 21.2 Å². The zero-order valence-corrected chi connectivity index (χ0v) is 25.6. The minimum atomic E-state index is -3.82. The molecule has 0 aliphatic rings. The second kappa shape index (κ2) is 14.3. The van der Waals surface area contributed by atoms with Crippen LogP contribution in [-0.4, -0.2) is 50.0 Å². The smallest absolute Gasteiger partial charge is 0.244 e. The normalized spacial score (nSPS) is 12.7. The van der Waals surface area contributed by atoms with Gasteiger partial charge >= 0.3 is 0 Å². The van der Waals surface area contributed by atoms with E-state index in [1.807, 2.05) is 68.4 Å². The molecule has 3 rings (SSSR count). The van der Waals surface area contributed by atoms with Gasteiger partial charge in [0, 0.05) is 17.1 Å². The van der Waals surface area contributed by atoms with Gasteiger partial charge in [-0.3, -0.25) is 13.9 Å². The summed E-state index contributed by atoms with van der Waals surface area (Å²) in [6.45, 7) is 5.56. The molecule has 3 aromatic rings. The Bertz CT molecular complexity index is 1370. The fourth-order valence-corrected chi connectivity index (χ4v) is 5.01. The van der Waals surface area contributed by atoms with Crippen molar-refractivity contribution in [3.05, 3.63) is 94.5 Å². The molecule has 0 heterocycles. The van der Waals surface area contributed by atoms with E-state index in [0.717, 1.165) is 32.6 Å². The first-order valence-electron chi connectivity index (χ1n) is 13.1. The van der Waals surface area contributed by atoms with Crippen molar-refractivity contribution in [2.24, 2.45) is 0 Å². The van der Waals surface area contributed by atoms with Crippen LogP contribution in [0.25, 0.3) is 0 Å². The Kier molecular flexibility index (Phi) is 11.2. The number of sulfonamides is 1. The van der Waals surface area contributed by atoms with Crippen molar-refractivity contribution < 1.29 is 22.7 Å². The van der Waals surface area contributed by atoms with Crippen LogP contribution < -0.4 is 14.4 Å². The molecular formula is C30H36BrN3O5S. The second-order valence-corrected chi connectivity index (χ2v) is 12.5. The fourth-order valence-electron chi connectivity index (χ4n) is 3.90. The van der Waals surface area contributed by atoms with Gasteiger partial charge in [0.1, 0.15) is 24.9 Å². The number of carbonyl (C=O) groups excluding carboxylic acids is 2. The van der Waals surface area contributed by atoms with Crippen LogP contribution in [0, 0.1) is 0 Å². The Balaban J connectivity index is 1.81. The lowest BCUT2D eigenvalue weighted by atomic mass is 10.1. The van der Waals surface area contributed by atoms with Crippen LogP contribution in [0.2, 0.25) is 0 Å². The van der Waals surface area contributed by atoms with Crippen molar-refractivity contribution in [3.63, 3.8) is 0 Å². The minimum absolute atomic E-state index is 0.0604. The predicted octanol–water partition coefficient (Wildman–Crippen LogP) is 5.13. The van der Waals surface area contributed by atoms with Gasteiger partial charge in [0.05, 0.1) is 11.9 Å². The summed E-state index contributed by atoms with van der Waals surface area (Å²) in [6.07, 6.45) is 1.80. The molecule has 0 radical (unpaired) electrons. The standard InChI is InChI=1S/C30H36BrN3O5S/c1-5-22(2)32-30(36)23(3)33(19-24-11-13-26(31)14-12-24)29(35)20-34(40(4,37)38)27-15-17-28(18-16-27)39-21-25-9-7-6-8-10-25/h6-18,22-23H,5,19-21H2,1-4H3,(H,32,36). The third kappa shape index (κ3) is 9.09. The number of amides is 2. The molecule has 40 heavy (non-hydrogen) atoms. The summed E-state index contributed by atoms with van der Waals surface area (Å²) in [7, 11) is -3.82. The highest BCUT2D eigenvalue weighted by molar-refractivity contribution is 9.10. The van der Waals surface area contributed by atoms with Crippen LogP contribution in [0.1, 0.15) is 38.3 Å². The Labute approximate surface area is 245 Å². The predicted molar refractivity (Wildman–Crippen MR) is 161 cm³/mol. The molecule has 0 aliphatic carbocycles. The van der Waals surface area contributed by atoms with Crippen molar-refractivity contribution in [2.45, 2.75) is 52.4 Å². The Morgan fingerprint density at radius 2 is 1.55 bits per heavy atom. The average molecular weight is 631 g/mol. The zero-order valence-electron chi connectivity index (χ0n) is 23.2. The molecule has 214 valence electrons. The topological polar surface area (TPSA) is 96.0 Å². The number of anilines is 1. The van der Waals surface area contributed by atoms with Crippen LogP contribution in [-0.2, 0) is 32.8 Å². The fraction of sp³-hybridized carbons (Fsp3) is 0.333. The molecule has 2 atom stereocenters. The molecule has 0 aliphatic heterocycles. The van der Waals surface area contributed by atoms with E-state index in [0.29, 0.717) is 18.0 Å². The number of carbonyl (C=O) groups is 2. The van der Waals surface area contributed by atoms with E-state index in [1.54, 1.807) is 31.2 Å². The number of nitrogens with one attached hydrogen (secondary N) is 1. The first-order valence-corrected chi connectivity index (χ1v) is 15.7. The van der Waals surface area contributed by atoms with Crippen molar-refractivity contribution in [3.8, 4) is 5.75 Å². The zero-order chi connectivity index (χ0) is 29.3. The molecule has 1 N–H and O–H groups in total.